The highest BCUT2D eigenvalue weighted by atomic mass is 16.4. The van der Waals surface area contributed by atoms with E-state index in [0.29, 0.717) is 5.56 Å². The first-order chi connectivity index (χ1) is 8.11. The number of hydrogen-bond acceptors (Lipinski definition) is 3. The van der Waals surface area contributed by atoms with Crippen LogP contribution in [0.2, 0.25) is 0 Å². The van der Waals surface area contributed by atoms with Gasteiger partial charge in [0.05, 0.1) is 0 Å². The van der Waals surface area contributed by atoms with Gasteiger partial charge in [-0.1, -0.05) is 30.3 Å². The Morgan fingerprint density at radius 1 is 0.882 bits per heavy atom. The van der Waals surface area contributed by atoms with Crippen LogP contribution in [0.25, 0.3) is 11.1 Å². The zero-order valence-electron chi connectivity index (χ0n) is 8.79. The van der Waals surface area contributed by atoms with Crippen molar-refractivity contribution < 1.29 is 20.1 Å². The van der Waals surface area contributed by atoms with Crippen LogP contribution in [0, 0.1) is 0 Å². The molecule has 17 heavy (non-hydrogen) atoms. The van der Waals surface area contributed by atoms with Crippen molar-refractivity contribution in [1.82, 2.24) is 0 Å². The minimum absolute atomic E-state index is 0.123. The van der Waals surface area contributed by atoms with Crippen LogP contribution in [0.1, 0.15) is 10.4 Å². The predicted octanol–water partition coefficient (Wildman–Crippen LogP) is 2.46. The summed E-state index contributed by atoms with van der Waals surface area (Å²) in [5, 5.41) is 28.4. The third-order valence-electron chi connectivity index (χ3n) is 2.44. The van der Waals surface area contributed by atoms with E-state index in [-0.39, 0.29) is 22.6 Å². The number of carboxylic acid groups (broad SMARTS) is 1. The first-order valence-electron chi connectivity index (χ1n) is 4.95. The van der Waals surface area contributed by atoms with Crippen LogP contribution in [-0.4, -0.2) is 21.3 Å². The lowest BCUT2D eigenvalue weighted by Gasteiger charge is -2.10. The first-order valence-corrected chi connectivity index (χ1v) is 4.95. The molecule has 0 heterocycles. The normalized spacial score (nSPS) is 10.1. The lowest BCUT2D eigenvalue weighted by molar-refractivity contribution is 0.0694. The molecule has 0 radical (unpaired) electrons. The van der Waals surface area contributed by atoms with Gasteiger partial charge in [0.2, 0.25) is 0 Å². The van der Waals surface area contributed by atoms with Crippen LogP contribution in [-0.2, 0) is 0 Å². The van der Waals surface area contributed by atoms with Gasteiger partial charge < -0.3 is 15.3 Å². The minimum atomic E-state index is -1.28. The van der Waals surface area contributed by atoms with Crippen LogP contribution >= 0.6 is 0 Å². The molecule has 2 aromatic carbocycles. The van der Waals surface area contributed by atoms with Gasteiger partial charge in [0, 0.05) is 5.56 Å². The van der Waals surface area contributed by atoms with E-state index in [4.69, 9.17) is 5.11 Å². The summed E-state index contributed by atoms with van der Waals surface area (Å²) in [5.74, 6) is -1.82. The van der Waals surface area contributed by atoms with Crippen LogP contribution in [0.15, 0.2) is 42.5 Å². The molecule has 4 heteroatoms. The van der Waals surface area contributed by atoms with Crippen molar-refractivity contribution in [1.29, 1.82) is 0 Å². The van der Waals surface area contributed by atoms with Crippen LogP contribution in [0.5, 0.6) is 11.5 Å². The lowest BCUT2D eigenvalue weighted by Crippen LogP contribution is -2.00. The third kappa shape index (κ3) is 1.92. The van der Waals surface area contributed by atoms with Crippen molar-refractivity contribution in [3.8, 4) is 22.6 Å². The molecule has 0 spiro atoms. The highest BCUT2D eigenvalue weighted by Crippen LogP contribution is 2.37. The monoisotopic (exact) mass is 230 g/mol. The molecule has 0 aliphatic carbocycles. The molecule has 4 nitrogen and oxygen atoms in total. The molecule has 0 aromatic heterocycles. The molecular formula is C13H10O4. The second kappa shape index (κ2) is 4.17. The molecule has 3 N–H and O–H groups in total. The average Bonchev–Trinajstić information content (AvgIpc) is 2.32. The molecule has 0 saturated carbocycles. The highest BCUT2D eigenvalue weighted by Gasteiger charge is 2.19. The van der Waals surface area contributed by atoms with Gasteiger partial charge in [-0.05, 0) is 17.7 Å². The Kier molecular flexibility index (Phi) is 2.70. The lowest BCUT2D eigenvalue weighted by atomic mass is 9.98. The van der Waals surface area contributed by atoms with Crippen molar-refractivity contribution in [2.24, 2.45) is 0 Å². The number of carboxylic acids is 1. The molecule has 0 aliphatic rings. The number of rotatable bonds is 2. The molecular weight excluding hydrogens is 220 g/mol. The summed E-state index contributed by atoms with van der Waals surface area (Å²) in [6, 6.07) is 11.0. The maximum atomic E-state index is 11.1. The van der Waals surface area contributed by atoms with E-state index in [0.717, 1.165) is 6.07 Å². The molecule has 0 unspecified atom stereocenters. The highest BCUT2D eigenvalue weighted by molar-refractivity contribution is 6.00. The maximum absolute atomic E-state index is 11.1. The average molecular weight is 230 g/mol. The standard InChI is InChI=1S/C13H10O4/c14-9-6-7-10(15)12(13(16)17)11(9)8-4-2-1-3-5-8/h1-7,14-15H,(H,16,17). The summed E-state index contributed by atoms with van der Waals surface area (Å²) >= 11 is 0. The fourth-order valence-electron chi connectivity index (χ4n) is 1.69. The van der Waals surface area contributed by atoms with Crippen molar-refractivity contribution in [3.63, 3.8) is 0 Å². The van der Waals surface area contributed by atoms with Crippen LogP contribution in [0.3, 0.4) is 0 Å². The van der Waals surface area contributed by atoms with Gasteiger partial charge in [-0.15, -0.1) is 0 Å². The minimum Gasteiger partial charge on any atom is -0.507 e. The van der Waals surface area contributed by atoms with Gasteiger partial charge in [-0.25, -0.2) is 4.79 Å². The summed E-state index contributed by atoms with van der Waals surface area (Å²) in [4.78, 5) is 11.1. The maximum Gasteiger partial charge on any atom is 0.340 e. The van der Waals surface area contributed by atoms with Crippen LogP contribution in [0.4, 0.5) is 0 Å². The number of phenolic OH excluding ortho intramolecular Hbond substituents is 1. The van der Waals surface area contributed by atoms with E-state index in [1.807, 2.05) is 0 Å². The summed E-state index contributed by atoms with van der Waals surface area (Å²) in [6.07, 6.45) is 0. The Labute approximate surface area is 97.4 Å². The SMILES string of the molecule is O=C(O)c1c(O)ccc(O)c1-c1ccccc1. The molecule has 0 saturated heterocycles. The Bertz CT molecular complexity index is 561. The molecule has 0 bridgehead atoms. The van der Waals surface area contributed by atoms with Gasteiger partial charge >= 0.3 is 5.97 Å². The smallest absolute Gasteiger partial charge is 0.340 e. The fourth-order valence-corrected chi connectivity index (χ4v) is 1.69. The number of aromatic hydroxyl groups is 2. The molecule has 0 amide bonds. The van der Waals surface area contributed by atoms with Crippen LogP contribution < -0.4 is 0 Å². The molecule has 0 fully saturated rings. The number of hydrogen-bond donors (Lipinski definition) is 3. The van der Waals surface area contributed by atoms with Gasteiger partial charge in [-0.3, -0.25) is 0 Å². The van der Waals surface area contributed by atoms with Crippen molar-refractivity contribution in [2.75, 3.05) is 0 Å². The van der Waals surface area contributed by atoms with Gasteiger partial charge in [0.1, 0.15) is 17.1 Å². The quantitative estimate of drug-likeness (QED) is 0.692. The number of carbonyl (C=O) groups is 1. The van der Waals surface area contributed by atoms with E-state index in [1.165, 1.54) is 6.07 Å². The zero-order chi connectivity index (χ0) is 12.4. The number of phenols is 2. The number of benzene rings is 2. The molecule has 0 atom stereocenters. The van der Waals surface area contributed by atoms with E-state index in [9.17, 15) is 15.0 Å². The largest absolute Gasteiger partial charge is 0.507 e. The number of aromatic carboxylic acids is 1. The van der Waals surface area contributed by atoms with Gasteiger partial charge in [-0.2, -0.15) is 0 Å². The van der Waals surface area contributed by atoms with Crippen molar-refractivity contribution in [2.45, 2.75) is 0 Å². The van der Waals surface area contributed by atoms with Crippen molar-refractivity contribution >= 4 is 5.97 Å². The fraction of sp³-hybridized carbons (Fsp3) is 0. The Hall–Kier alpha value is -2.49. The van der Waals surface area contributed by atoms with Gasteiger partial charge in [0.15, 0.2) is 0 Å². The summed E-state index contributed by atoms with van der Waals surface area (Å²) in [5.41, 5.74) is 0.368. The topological polar surface area (TPSA) is 77.8 Å². The molecule has 2 aromatic rings. The Morgan fingerprint density at radius 3 is 2.06 bits per heavy atom. The third-order valence-corrected chi connectivity index (χ3v) is 2.44. The Morgan fingerprint density at radius 2 is 1.47 bits per heavy atom. The Balaban J connectivity index is 2.76. The zero-order valence-corrected chi connectivity index (χ0v) is 8.79. The molecule has 2 rings (SSSR count). The summed E-state index contributed by atoms with van der Waals surface area (Å²) in [6.45, 7) is 0. The summed E-state index contributed by atoms with van der Waals surface area (Å²) in [7, 11) is 0. The van der Waals surface area contributed by atoms with Crippen molar-refractivity contribution in [3.05, 3.63) is 48.0 Å². The summed E-state index contributed by atoms with van der Waals surface area (Å²) < 4.78 is 0. The van der Waals surface area contributed by atoms with Gasteiger partial charge in [0.25, 0.3) is 0 Å². The van der Waals surface area contributed by atoms with E-state index >= 15 is 0 Å². The molecule has 86 valence electrons. The first kappa shape index (κ1) is 11.0. The van der Waals surface area contributed by atoms with E-state index in [1.54, 1.807) is 30.3 Å². The van der Waals surface area contributed by atoms with E-state index in [2.05, 4.69) is 0 Å². The molecule has 0 aliphatic heterocycles. The predicted molar refractivity (Wildman–Crippen MR) is 62.2 cm³/mol. The second-order valence-corrected chi connectivity index (χ2v) is 3.52. The van der Waals surface area contributed by atoms with E-state index < -0.39 is 5.97 Å². The second-order valence-electron chi connectivity index (χ2n) is 3.52.